The van der Waals surface area contributed by atoms with E-state index >= 15 is 0 Å². The molecule has 0 aromatic rings. The van der Waals surface area contributed by atoms with Gasteiger partial charge in [-0.2, -0.15) is 5.26 Å². The third kappa shape index (κ3) is 1.60. The van der Waals surface area contributed by atoms with E-state index in [0.29, 0.717) is 0 Å². The van der Waals surface area contributed by atoms with E-state index in [0.717, 1.165) is 5.57 Å². The lowest BCUT2D eigenvalue weighted by molar-refractivity contribution is 1.45. The maximum Gasteiger partial charge on any atom is 0.130 e. The summed E-state index contributed by atoms with van der Waals surface area (Å²) in [5.74, 6) is 1.78. The second kappa shape index (κ2) is 2.53. The second-order valence-electron chi connectivity index (χ2n) is 1.08. The van der Waals surface area contributed by atoms with Gasteiger partial charge < -0.3 is 0 Å². The van der Waals surface area contributed by atoms with E-state index < -0.39 is 0 Å². The second-order valence-corrected chi connectivity index (χ2v) is 1.08. The van der Waals surface area contributed by atoms with Crippen LogP contribution in [0.25, 0.3) is 0 Å². The Kier molecular flexibility index (Phi) is 2.23. The summed E-state index contributed by atoms with van der Waals surface area (Å²) in [7, 11) is 1.85. The van der Waals surface area contributed by atoms with Crippen molar-refractivity contribution in [3.05, 3.63) is 11.5 Å². The van der Waals surface area contributed by atoms with E-state index in [9.17, 15) is 0 Å². The van der Waals surface area contributed by atoms with Crippen molar-refractivity contribution in [3.63, 3.8) is 0 Å². The standard InChI is InChI=1S/C4H6BN/c1-4(2-5)3-6/h2H,5H2,1H3/b4-2+. The largest absolute Gasteiger partial charge is 0.193 e. The van der Waals surface area contributed by atoms with Gasteiger partial charge in [-0.05, 0) is 6.92 Å². The molecule has 0 rings (SSSR count). The number of hydrogen-bond donors (Lipinski definition) is 0. The first-order chi connectivity index (χ1) is 2.81. The topological polar surface area (TPSA) is 23.8 Å². The zero-order chi connectivity index (χ0) is 4.99. The molecule has 0 radical (unpaired) electrons. The van der Waals surface area contributed by atoms with Crippen molar-refractivity contribution in [3.8, 4) is 6.07 Å². The fourth-order valence-electron chi connectivity index (χ4n) is 0.0645. The molecule has 1 nitrogen and oxygen atoms in total. The summed E-state index contributed by atoms with van der Waals surface area (Å²) in [6.45, 7) is 1.78. The van der Waals surface area contributed by atoms with Gasteiger partial charge in [0.1, 0.15) is 7.85 Å². The van der Waals surface area contributed by atoms with Crippen molar-refractivity contribution in [1.29, 1.82) is 5.26 Å². The van der Waals surface area contributed by atoms with Crippen LogP contribution in [0.15, 0.2) is 11.5 Å². The molecular formula is C4H6BN. The number of allylic oxidation sites excluding steroid dienone is 1. The van der Waals surface area contributed by atoms with Crippen molar-refractivity contribution in [2.24, 2.45) is 0 Å². The Labute approximate surface area is 38.7 Å². The van der Waals surface area contributed by atoms with Crippen LogP contribution in [-0.2, 0) is 0 Å². The van der Waals surface area contributed by atoms with Crippen LogP contribution in [0.4, 0.5) is 0 Å². The molecular weight excluding hydrogens is 72.9 g/mol. The van der Waals surface area contributed by atoms with Crippen molar-refractivity contribution in [2.75, 3.05) is 0 Å². The minimum Gasteiger partial charge on any atom is -0.193 e. The molecule has 0 aromatic heterocycles. The van der Waals surface area contributed by atoms with Gasteiger partial charge in [-0.3, -0.25) is 0 Å². The number of nitriles is 1. The van der Waals surface area contributed by atoms with Gasteiger partial charge in [0.2, 0.25) is 0 Å². The molecule has 0 aliphatic carbocycles. The monoisotopic (exact) mass is 79.1 g/mol. The van der Waals surface area contributed by atoms with E-state index in [1.165, 1.54) is 0 Å². The predicted molar refractivity (Wildman–Crippen MR) is 27.9 cm³/mol. The van der Waals surface area contributed by atoms with Crippen LogP contribution in [0.3, 0.4) is 0 Å². The first-order valence-electron chi connectivity index (χ1n) is 1.84. The number of hydrogen-bond acceptors (Lipinski definition) is 1. The van der Waals surface area contributed by atoms with Gasteiger partial charge in [0.25, 0.3) is 0 Å². The predicted octanol–water partition coefficient (Wildman–Crippen LogP) is 0.0469. The highest BCUT2D eigenvalue weighted by atomic mass is 14.2. The Morgan fingerprint density at radius 2 is 2.50 bits per heavy atom. The van der Waals surface area contributed by atoms with Crippen molar-refractivity contribution >= 4 is 7.85 Å². The first kappa shape index (κ1) is 5.29. The van der Waals surface area contributed by atoms with E-state index in [1.54, 1.807) is 12.9 Å². The first-order valence-corrected chi connectivity index (χ1v) is 1.84. The van der Waals surface area contributed by atoms with Crippen LogP contribution in [0.1, 0.15) is 6.92 Å². The van der Waals surface area contributed by atoms with E-state index in [4.69, 9.17) is 5.26 Å². The Bertz CT molecular complexity index is 98.6. The lowest BCUT2D eigenvalue weighted by Gasteiger charge is -1.70. The average molecular weight is 78.9 g/mol. The van der Waals surface area contributed by atoms with Gasteiger partial charge in [-0.25, -0.2) is 0 Å². The highest BCUT2D eigenvalue weighted by molar-refractivity contribution is 6.17. The summed E-state index contributed by atoms with van der Waals surface area (Å²) in [5.41, 5.74) is 0.773. The lowest BCUT2D eigenvalue weighted by atomic mass is 10.1. The van der Waals surface area contributed by atoms with Crippen molar-refractivity contribution in [1.82, 2.24) is 0 Å². The summed E-state index contributed by atoms with van der Waals surface area (Å²) in [4.78, 5) is 0. The van der Waals surface area contributed by atoms with Crippen molar-refractivity contribution < 1.29 is 0 Å². The Morgan fingerprint density at radius 3 is 2.50 bits per heavy atom. The molecule has 2 heteroatoms. The van der Waals surface area contributed by atoms with Crippen LogP contribution in [-0.4, -0.2) is 7.85 Å². The van der Waals surface area contributed by atoms with E-state index in [1.807, 2.05) is 13.9 Å². The summed E-state index contributed by atoms with van der Waals surface area (Å²) >= 11 is 0. The van der Waals surface area contributed by atoms with Crippen LogP contribution in [0.5, 0.6) is 0 Å². The average Bonchev–Trinajstić information content (AvgIpc) is 1.65. The fourth-order valence-corrected chi connectivity index (χ4v) is 0.0645. The molecule has 0 aromatic carbocycles. The molecule has 0 amide bonds. The lowest BCUT2D eigenvalue weighted by Crippen LogP contribution is -1.62. The van der Waals surface area contributed by atoms with E-state index in [-0.39, 0.29) is 0 Å². The molecule has 0 N–H and O–H groups in total. The van der Waals surface area contributed by atoms with Gasteiger partial charge in [-0.15, -0.1) is 5.98 Å². The highest BCUT2D eigenvalue weighted by Crippen LogP contribution is 1.80. The normalized spacial score (nSPS) is 10.3. The zero-order valence-electron chi connectivity index (χ0n) is 4.02. The van der Waals surface area contributed by atoms with Gasteiger partial charge in [0.05, 0.1) is 6.07 Å². The molecule has 0 bridgehead atoms. The smallest absolute Gasteiger partial charge is 0.130 e. The van der Waals surface area contributed by atoms with Crippen LogP contribution in [0.2, 0.25) is 0 Å². The summed E-state index contributed by atoms with van der Waals surface area (Å²) < 4.78 is 0. The SMILES string of the molecule is B/C=C(\C)C#N. The quantitative estimate of drug-likeness (QED) is 0.297. The van der Waals surface area contributed by atoms with Crippen LogP contribution >= 0.6 is 0 Å². The fraction of sp³-hybridized carbons (Fsp3) is 0.250. The molecule has 0 fully saturated rings. The highest BCUT2D eigenvalue weighted by Gasteiger charge is 1.71. The summed E-state index contributed by atoms with van der Waals surface area (Å²) in [6, 6.07) is 1.98. The molecule has 0 spiro atoms. The van der Waals surface area contributed by atoms with Gasteiger partial charge in [-0.1, -0.05) is 0 Å². The van der Waals surface area contributed by atoms with Crippen LogP contribution < -0.4 is 0 Å². The molecule has 0 saturated heterocycles. The van der Waals surface area contributed by atoms with Gasteiger partial charge in [0, 0.05) is 5.57 Å². The van der Waals surface area contributed by atoms with Gasteiger partial charge >= 0.3 is 0 Å². The summed E-state index contributed by atoms with van der Waals surface area (Å²) in [6.07, 6.45) is 0. The van der Waals surface area contributed by atoms with E-state index in [2.05, 4.69) is 0 Å². The Morgan fingerprint density at radius 1 is 2.00 bits per heavy atom. The minimum atomic E-state index is 0.773. The molecule has 0 aliphatic rings. The molecule has 0 saturated carbocycles. The molecule has 0 heterocycles. The maximum absolute atomic E-state index is 8.02. The Hall–Kier alpha value is -0.705. The number of rotatable bonds is 0. The summed E-state index contributed by atoms with van der Waals surface area (Å²) in [5, 5.41) is 8.02. The van der Waals surface area contributed by atoms with Crippen molar-refractivity contribution in [2.45, 2.75) is 6.92 Å². The Balaban J connectivity index is 3.61. The third-order valence-corrected chi connectivity index (χ3v) is 0.609. The third-order valence-electron chi connectivity index (χ3n) is 0.609. The molecule has 0 unspecified atom stereocenters. The maximum atomic E-state index is 8.02. The molecule has 6 heavy (non-hydrogen) atoms. The molecule has 0 aliphatic heterocycles. The van der Waals surface area contributed by atoms with Crippen LogP contribution in [0, 0.1) is 11.3 Å². The zero-order valence-corrected chi connectivity index (χ0v) is 4.02. The molecule has 30 valence electrons. The molecule has 0 atom stereocenters. The minimum absolute atomic E-state index is 0.773. The van der Waals surface area contributed by atoms with Gasteiger partial charge in [0.15, 0.2) is 0 Å². The number of nitrogens with zero attached hydrogens (tertiary/aromatic N) is 1.